The van der Waals surface area contributed by atoms with Gasteiger partial charge < -0.3 is 5.11 Å². The second-order valence-corrected chi connectivity index (χ2v) is 4.88. The lowest BCUT2D eigenvalue weighted by atomic mass is 10.0. The van der Waals surface area contributed by atoms with Crippen LogP contribution < -0.4 is 0 Å². The van der Waals surface area contributed by atoms with Crippen LogP contribution in [-0.4, -0.2) is 21.6 Å². The van der Waals surface area contributed by atoms with Gasteiger partial charge in [-0.05, 0) is 33.1 Å². The molecule has 0 aromatic carbocycles. The molecule has 0 aromatic heterocycles. The van der Waals surface area contributed by atoms with Crippen molar-refractivity contribution in [2.75, 3.05) is 5.75 Å². The van der Waals surface area contributed by atoms with E-state index in [1.165, 1.54) is 11.8 Å². The van der Waals surface area contributed by atoms with Gasteiger partial charge in [0.05, 0.1) is 5.60 Å². The quantitative estimate of drug-likeness (QED) is 0.675. The zero-order valence-electron chi connectivity index (χ0n) is 8.09. The normalized spacial score (nSPS) is 11.7. The lowest BCUT2D eigenvalue weighted by Gasteiger charge is -2.15. The molecule has 0 saturated carbocycles. The van der Waals surface area contributed by atoms with E-state index in [4.69, 9.17) is 0 Å². The van der Waals surface area contributed by atoms with Crippen molar-refractivity contribution in [1.82, 2.24) is 0 Å². The zero-order chi connectivity index (χ0) is 9.61. The van der Waals surface area contributed by atoms with Crippen LogP contribution in [0.25, 0.3) is 0 Å². The predicted octanol–water partition coefficient (Wildman–Crippen LogP) is 2.21. The number of hydrogen-bond acceptors (Lipinski definition) is 3. The summed E-state index contributed by atoms with van der Waals surface area (Å²) in [5.41, 5.74) is -0.555. The molecule has 2 nitrogen and oxygen atoms in total. The average Bonchev–Trinajstić information content (AvgIpc) is 1.83. The Kier molecular flexibility index (Phi) is 5.59. The van der Waals surface area contributed by atoms with E-state index in [2.05, 4.69) is 0 Å². The number of aliphatic hydroxyl groups is 1. The smallest absolute Gasteiger partial charge is 0.185 e. The third-order valence-corrected chi connectivity index (χ3v) is 2.39. The van der Waals surface area contributed by atoms with Crippen molar-refractivity contribution in [3.63, 3.8) is 0 Å². The fourth-order valence-corrected chi connectivity index (χ4v) is 1.51. The summed E-state index contributed by atoms with van der Waals surface area (Å²) in [6.07, 6.45) is 2.81. The molecule has 0 amide bonds. The molecular formula is C9H18O2S. The van der Waals surface area contributed by atoms with Gasteiger partial charge in [0.25, 0.3) is 0 Å². The molecule has 72 valence electrons. The third-order valence-electron chi connectivity index (χ3n) is 1.49. The Balaban J connectivity index is 3.17. The first-order valence-electron chi connectivity index (χ1n) is 4.27. The van der Waals surface area contributed by atoms with Crippen LogP contribution in [0.1, 0.15) is 40.0 Å². The van der Waals surface area contributed by atoms with Crippen LogP contribution in [0, 0.1) is 0 Å². The fraction of sp³-hybridized carbons (Fsp3) is 0.889. The molecule has 0 spiro atoms. The van der Waals surface area contributed by atoms with Crippen LogP contribution in [0.4, 0.5) is 0 Å². The van der Waals surface area contributed by atoms with E-state index in [-0.39, 0.29) is 5.12 Å². The molecule has 0 aromatic rings. The number of unbranched alkanes of at least 4 members (excludes halogenated alkanes) is 1. The van der Waals surface area contributed by atoms with E-state index in [1.54, 1.807) is 6.92 Å². The molecule has 0 aliphatic carbocycles. The number of carbonyl (C=O) groups excluding carboxylic acids is 1. The molecule has 0 atom stereocenters. The summed E-state index contributed by atoms with van der Waals surface area (Å²) in [6.45, 7) is 5.21. The summed E-state index contributed by atoms with van der Waals surface area (Å²) in [7, 11) is 0. The maximum absolute atomic E-state index is 10.5. The van der Waals surface area contributed by atoms with Crippen LogP contribution >= 0.6 is 11.8 Å². The summed E-state index contributed by atoms with van der Waals surface area (Å²) < 4.78 is 0. The summed E-state index contributed by atoms with van der Waals surface area (Å²) in [5, 5.41) is 9.53. The minimum absolute atomic E-state index is 0.179. The van der Waals surface area contributed by atoms with Crippen molar-refractivity contribution in [2.45, 2.75) is 45.6 Å². The van der Waals surface area contributed by atoms with E-state index in [0.717, 1.165) is 25.0 Å². The molecule has 0 unspecified atom stereocenters. The van der Waals surface area contributed by atoms with Crippen molar-refractivity contribution in [1.29, 1.82) is 0 Å². The van der Waals surface area contributed by atoms with Crippen LogP contribution in [0.5, 0.6) is 0 Å². The molecule has 12 heavy (non-hydrogen) atoms. The Labute approximate surface area is 78.7 Å². The van der Waals surface area contributed by atoms with Gasteiger partial charge in [0, 0.05) is 12.7 Å². The Morgan fingerprint density at radius 3 is 2.42 bits per heavy atom. The first-order valence-corrected chi connectivity index (χ1v) is 5.26. The lowest BCUT2D eigenvalue weighted by Crippen LogP contribution is -2.17. The number of hydrogen-bond donors (Lipinski definition) is 1. The molecule has 0 aliphatic heterocycles. The highest BCUT2D eigenvalue weighted by Crippen LogP contribution is 2.14. The van der Waals surface area contributed by atoms with Crippen molar-refractivity contribution >= 4 is 16.9 Å². The minimum Gasteiger partial charge on any atom is -0.390 e. The van der Waals surface area contributed by atoms with E-state index >= 15 is 0 Å². The number of thioether (sulfide) groups is 1. The van der Waals surface area contributed by atoms with Gasteiger partial charge in [-0.1, -0.05) is 11.8 Å². The van der Waals surface area contributed by atoms with E-state index < -0.39 is 5.60 Å². The molecule has 3 heteroatoms. The molecular weight excluding hydrogens is 172 g/mol. The van der Waals surface area contributed by atoms with E-state index in [1.807, 2.05) is 13.8 Å². The fourth-order valence-electron chi connectivity index (χ4n) is 0.876. The highest BCUT2D eigenvalue weighted by Gasteiger charge is 2.10. The SMILES string of the molecule is CC(=O)SCCCCC(C)(C)O. The van der Waals surface area contributed by atoms with Crippen LogP contribution in [0.15, 0.2) is 0 Å². The molecule has 0 heterocycles. The summed E-state index contributed by atoms with van der Waals surface area (Å²) in [6, 6.07) is 0. The van der Waals surface area contributed by atoms with Gasteiger partial charge in [-0.3, -0.25) is 4.79 Å². The molecule has 0 bridgehead atoms. The minimum atomic E-state index is -0.555. The number of rotatable bonds is 5. The molecule has 0 saturated heterocycles. The van der Waals surface area contributed by atoms with Crippen LogP contribution in [0.3, 0.4) is 0 Å². The first kappa shape index (κ1) is 12.0. The lowest BCUT2D eigenvalue weighted by molar-refractivity contribution is -0.109. The van der Waals surface area contributed by atoms with E-state index in [0.29, 0.717) is 0 Å². The van der Waals surface area contributed by atoms with Crippen molar-refractivity contribution in [3.8, 4) is 0 Å². The Bertz CT molecular complexity index is 138. The maximum atomic E-state index is 10.5. The van der Waals surface area contributed by atoms with Gasteiger partial charge in [-0.25, -0.2) is 0 Å². The van der Waals surface area contributed by atoms with Crippen molar-refractivity contribution in [3.05, 3.63) is 0 Å². The second-order valence-electron chi connectivity index (χ2n) is 3.61. The van der Waals surface area contributed by atoms with Crippen molar-refractivity contribution < 1.29 is 9.90 Å². The van der Waals surface area contributed by atoms with Gasteiger partial charge in [-0.15, -0.1) is 0 Å². The monoisotopic (exact) mass is 190 g/mol. The second kappa shape index (κ2) is 5.60. The van der Waals surface area contributed by atoms with Crippen LogP contribution in [0.2, 0.25) is 0 Å². The Morgan fingerprint density at radius 2 is 2.00 bits per heavy atom. The van der Waals surface area contributed by atoms with Crippen molar-refractivity contribution in [2.24, 2.45) is 0 Å². The Hall–Kier alpha value is -0.0200. The highest BCUT2D eigenvalue weighted by atomic mass is 32.2. The Morgan fingerprint density at radius 1 is 1.42 bits per heavy atom. The van der Waals surface area contributed by atoms with Gasteiger partial charge in [-0.2, -0.15) is 0 Å². The summed E-state index contributed by atoms with van der Waals surface area (Å²) in [4.78, 5) is 10.5. The standard InChI is InChI=1S/C9H18O2S/c1-8(10)12-7-5-4-6-9(2,3)11/h11H,4-7H2,1-3H3. The number of carbonyl (C=O) groups is 1. The topological polar surface area (TPSA) is 37.3 Å². The van der Waals surface area contributed by atoms with Gasteiger partial charge in [0.15, 0.2) is 5.12 Å². The first-order chi connectivity index (χ1) is 5.42. The molecule has 0 rings (SSSR count). The highest BCUT2D eigenvalue weighted by molar-refractivity contribution is 8.13. The van der Waals surface area contributed by atoms with Crippen LogP contribution in [-0.2, 0) is 4.79 Å². The summed E-state index contributed by atoms with van der Waals surface area (Å²) in [5.74, 6) is 0.880. The molecule has 0 aliphatic rings. The van der Waals surface area contributed by atoms with E-state index in [9.17, 15) is 9.90 Å². The average molecular weight is 190 g/mol. The maximum Gasteiger partial charge on any atom is 0.185 e. The zero-order valence-corrected chi connectivity index (χ0v) is 8.91. The largest absolute Gasteiger partial charge is 0.390 e. The van der Waals surface area contributed by atoms with Gasteiger partial charge in [0.2, 0.25) is 0 Å². The molecule has 0 fully saturated rings. The molecule has 1 N–H and O–H groups in total. The predicted molar refractivity (Wildman–Crippen MR) is 53.3 cm³/mol. The summed E-state index contributed by atoms with van der Waals surface area (Å²) >= 11 is 1.36. The van der Waals surface area contributed by atoms with Gasteiger partial charge in [0.1, 0.15) is 0 Å². The third kappa shape index (κ3) is 9.98. The molecule has 0 radical (unpaired) electrons. The van der Waals surface area contributed by atoms with Gasteiger partial charge >= 0.3 is 0 Å².